The molecule has 0 amide bonds. The zero-order valence-corrected chi connectivity index (χ0v) is 35.4. The van der Waals surface area contributed by atoms with Gasteiger partial charge < -0.3 is 9.32 Å². The normalized spacial score (nSPS) is 14.1. The van der Waals surface area contributed by atoms with Gasteiger partial charge in [0.05, 0.1) is 5.69 Å². The number of benzene rings is 9. The minimum absolute atomic E-state index is 0.166. The van der Waals surface area contributed by atoms with Crippen molar-refractivity contribution >= 4 is 39.0 Å². The van der Waals surface area contributed by atoms with Crippen LogP contribution < -0.4 is 4.90 Å². The third-order valence-electron chi connectivity index (χ3n) is 13.9. The molecule has 10 aromatic rings. The molecule has 62 heavy (non-hydrogen) atoms. The second kappa shape index (κ2) is 13.5. The van der Waals surface area contributed by atoms with Crippen LogP contribution in [0.4, 0.5) is 17.1 Å². The lowest BCUT2D eigenvalue weighted by atomic mass is 9.82. The van der Waals surface area contributed by atoms with E-state index in [-0.39, 0.29) is 10.8 Å². The molecule has 12 rings (SSSR count). The fraction of sp³-hybridized carbons (Fsp3) is 0.100. The number of rotatable bonds is 6. The highest BCUT2D eigenvalue weighted by Crippen LogP contribution is 2.54. The quantitative estimate of drug-likeness (QED) is 0.167. The summed E-state index contributed by atoms with van der Waals surface area (Å²) in [6, 6.07) is 73.7. The lowest BCUT2D eigenvalue weighted by Crippen LogP contribution is -2.18. The molecule has 0 saturated heterocycles. The number of hydrogen-bond donors (Lipinski definition) is 0. The summed E-state index contributed by atoms with van der Waals surface area (Å²) < 4.78 is 6.73. The van der Waals surface area contributed by atoms with Gasteiger partial charge in [-0.25, -0.2) is 0 Å². The summed E-state index contributed by atoms with van der Waals surface area (Å²) in [6.45, 7) is 9.48. The number of nitrogens with zero attached hydrogens (tertiary/aromatic N) is 1. The molecule has 0 spiro atoms. The Morgan fingerprint density at radius 3 is 1.48 bits per heavy atom. The molecule has 1 aromatic heterocycles. The van der Waals surface area contributed by atoms with E-state index in [1.54, 1.807) is 0 Å². The largest absolute Gasteiger partial charge is 0.456 e. The molecule has 1 heterocycles. The van der Waals surface area contributed by atoms with Gasteiger partial charge in [0.15, 0.2) is 0 Å². The van der Waals surface area contributed by atoms with Gasteiger partial charge in [-0.05, 0) is 121 Å². The Balaban J connectivity index is 1.15. The molecule has 0 fully saturated rings. The molecule has 296 valence electrons. The molecule has 9 aromatic carbocycles. The summed E-state index contributed by atoms with van der Waals surface area (Å²) in [6.07, 6.45) is 0. The summed E-state index contributed by atoms with van der Waals surface area (Å²) >= 11 is 0. The Morgan fingerprint density at radius 2 is 0.855 bits per heavy atom. The number of furan rings is 1. The fourth-order valence-corrected chi connectivity index (χ4v) is 10.7. The molecule has 0 radical (unpaired) electrons. The Morgan fingerprint density at radius 1 is 0.339 bits per heavy atom. The first-order valence-corrected chi connectivity index (χ1v) is 21.8. The lowest BCUT2D eigenvalue weighted by molar-refractivity contribution is 0.660. The molecule has 2 aliphatic rings. The third kappa shape index (κ3) is 5.43. The highest BCUT2D eigenvalue weighted by Gasteiger charge is 2.38. The van der Waals surface area contributed by atoms with Gasteiger partial charge in [-0.2, -0.15) is 0 Å². The standard InChI is InChI=1S/C60H45NO/c1-59(2)51-24-14-11-21-45(51)47-31-28-42(36-53(47)59)61(43-29-32-48-46-22-12-15-25-52(46)60(3,4)54(48)37-43)55-34-40(38-17-7-5-8-18-38)27-30-44(55)41-33-50(39-19-9-6-10-20-39)58-49-23-13-16-26-56(49)62-57(58)35-41/h5-37H,1-4H3. The van der Waals surface area contributed by atoms with Crippen LogP contribution in [0.25, 0.3) is 77.6 Å². The van der Waals surface area contributed by atoms with Crippen LogP contribution >= 0.6 is 0 Å². The predicted octanol–water partition coefficient (Wildman–Crippen LogP) is 16.7. The molecule has 0 unspecified atom stereocenters. The van der Waals surface area contributed by atoms with Crippen molar-refractivity contribution in [1.29, 1.82) is 0 Å². The van der Waals surface area contributed by atoms with Crippen LogP contribution in [0.15, 0.2) is 205 Å². The highest BCUT2D eigenvalue weighted by atomic mass is 16.3. The van der Waals surface area contributed by atoms with Gasteiger partial charge in [-0.3, -0.25) is 0 Å². The van der Waals surface area contributed by atoms with E-state index in [0.29, 0.717) is 0 Å². The molecular weight excluding hydrogens is 751 g/mol. The van der Waals surface area contributed by atoms with E-state index < -0.39 is 0 Å². The average molecular weight is 796 g/mol. The summed E-state index contributed by atoms with van der Waals surface area (Å²) in [5.74, 6) is 0. The molecular formula is C60H45NO. The van der Waals surface area contributed by atoms with Crippen molar-refractivity contribution < 1.29 is 4.42 Å². The second-order valence-corrected chi connectivity index (χ2v) is 18.1. The Bertz CT molecular complexity index is 3300. The molecule has 0 bridgehead atoms. The van der Waals surface area contributed by atoms with Gasteiger partial charge >= 0.3 is 0 Å². The van der Waals surface area contributed by atoms with Gasteiger partial charge in [-0.1, -0.05) is 179 Å². The van der Waals surface area contributed by atoms with Crippen LogP contribution in [0.1, 0.15) is 49.9 Å². The Hall–Kier alpha value is -7.42. The van der Waals surface area contributed by atoms with Crippen LogP contribution in [-0.2, 0) is 10.8 Å². The predicted molar refractivity (Wildman–Crippen MR) is 260 cm³/mol. The maximum Gasteiger partial charge on any atom is 0.136 e. The Kier molecular flexibility index (Phi) is 7.96. The minimum Gasteiger partial charge on any atom is -0.456 e. The molecule has 0 aliphatic heterocycles. The van der Waals surface area contributed by atoms with E-state index in [2.05, 4.69) is 233 Å². The number of hydrogen-bond acceptors (Lipinski definition) is 2. The van der Waals surface area contributed by atoms with E-state index in [1.165, 1.54) is 50.1 Å². The number of para-hydroxylation sites is 1. The molecule has 2 heteroatoms. The van der Waals surface area contributed by atoms with Crippen LogP contribution in [0.3, 0.4) is 0 Å². The topological polar surface area (TPSA) is 16.4 Å². The van der Waals surface area contributed by atoms with E-state index in [9.17, 15) is 0 Å². The molecule has 2 nitrogen and oxygen atoms in total. The minimum atomic E-state index is -0.166. The number of anilines is 3. The first kappa shape index (κ1) is 36.4. The monoisotopic (exact) mass is 795 g/mol. The zero-order chi connectivity index (χ0) is 41.7. The van der Waals surface area contributed by atoms with Gasteiger partial charge in [0.2, 0.25) is 0 Å². The van der Waals surface area contributed by atoms with Crippen molar-refractivity contribution in [3.63, 3.8) is 0 Å². The van der Waals surface area contributed by atoms with Crippen molar-refractivity contribution in [2.45, 2.75) is 38.5 Å². The van der Waals surface area contributed by atoms with Crippen LogP contribution in [0, 0.1) is 0 Å². The smallest absolute Gasteiger partial charge is 0.136 e. The van der Waals surface area contributed by atoms with Gasteiger partial charge in [0.25, 0.3) is 0 Å². The first-order chi connectivity index (χ1) is 30.3. The van der Waals surface area contributed by atoms with Crippen LogP contribution in [-0.4, -0.2) is 0 Å². The van der Waals surface area contributed by atoms with E-state index in [0.717, 1.165) is 66.8 Å². The van der Waals surface area contributed by atoms with Gasteiger partial charge in [-0.15, -0.1) is 0 Å². The SMILES string of the molecule is CC1(C)c2ccccc2-c2ccc(N(c3ccc4c(c3)C(C)(C)c3ccccc3-4)c3cc(-c4ccccc4)ccc3-c3cc(-c4ccccc4)c4c(c3)oc3ccccc34)cc21. The maximum absolute atomic E-state index is 6.73. The highest BCUT2D eigenvalue weighted by molar-refractivity contribution is 6.14. The van der Waals surface area contributed by atoms with Crippen LogP contribution in [0.5, 0.6) is 0 Å². The fourth-order valence-electron chi connectivity index (χ4n) is 10.7. The molecule has 0 atom stereocenters. The summed E-state index contributed by atoms with van der Waals surface area (Å²) in [5.41, 5.74) is 22.3. The van der Waals surface area contributed by atoms with Gasteiger partial charge in [0, 0.05) is 38.5 Å². The van der Waals surface area contributed by atoms with E-state index >= 15 is 0 Å². The molecule has 2 aliphatic carbocycles. The maximum atomic E-state index is 6.73. The number of fused-ring (bicyclic) bond motifs is 9. The summed E-state index contributed by atoms with van der Waals surface area (Å²) in [7, 11) is 0. The summed E-state index contributed by atoms with van der Waals surface area (Å²) in [5, 5.41) is 2.26. The average Bonchev–Trinajstić information content (AvgIpc) is 3.89. The van der Waals surface area contributed by atoms with Crippen molar-refractivity contribution in [2.24, 2.45) is 0 Å². The van der Waals surface area contributed by atoms with Crippen molar-refractivity contribution in [1.82, 2.24) is 0 Å². The van der Waals surface area contributed by atoms with Crippen molar-refractivity contribution in [2.75, 3.05) is 4.90 Å². The molecule has 0 N–H and O–H groups in total. The third-order valence-corrected chi connectivity index (χ3v) is 13.9. The first-order valence-electron chi connectivity index (χ1n) is 21.8. The van der Waals surface area contributed by atoms with Crippen molar-refractivity contribution in [3.05, 3.63) is 222 Å². The van der Waals surface area contributed by atoms with Gasteiger partial charge in [0.1, 0.15) is 11.2 Å². The van der Waals surface area contributed by atoms with E-state index in [1.807, 2.05) is 0 Å². The van der Waals surface area contributed by atoms with E-state index in [4.69, 9.17) is 4.42 Å². The second-order valence-electron chi connectivity index (χ2n) is 18.1. The zero-order valence-electron chi connectivity index (χ0n) is 35.4. The molecule has 0 saturated carbocycles. The lowest BCUT2D eigenvalue weighted by Gasteiger charge is -2.31. The van der Waals surface area contributed by atoms with Crippen molar-refractivity contribution in [3.8, 4) is 55.6 Å². The Labute approximate surface area is 363 Å². The summed E-state index contributed by atoms with van der Waals surface area (Å²) in [4.78, 5) is 2.52. The van der Waals surface area contributed by atoms with Crippen LogP contribution in [0.2, 0.25) is 0 Å².